The Kier molecular flexibility index (Phi) is 5.41. The normalized spacial score (nSPS) is 15.4. The molecule has 29 heavy (non-hydrogen) atoms. The third kappa shape index (κ3) is 4.06. The first-order valence-electron chi connectivity index (χ1n) is 10.3. The van der Waals surface area contributed by atoms with Gasteiger partial charge in [0, 0.05) is 17.0 Å². The Morgan fingerprint density at radius 2 is 1.86 bits per heavy atom. The molecule has 0 bridgehead atoms. The highest BCUT2D eigenvalue weighted by molar-refractivity contribution is 5.82. The summed E-state index contributed by atoms with van der Waals surface area (Å²) in [5, 5.41) is 1.03. The van der Waals surface area contributed by atoms with Gasteiger partial charge in [-0.1, -0.05) is 26.0 Å². The van der Waals surface area contributed by atoms with Gasteiger partial charge in [-0.3, -0.25) is 0 Å². The number of aryl methyl sites for hydroxylation is 1. The molecule has 3 aromatic rings. The second-order valence-electron chi connectivity index (χ2n) is 8.32. The summed E-state index contributed by atoms with van der Waals surface area (Å²) in [6.07, 6.45) is 0. The van der Waals surface area contributed by atoms with Gasteiger partial charge < -0.3 is 14.2 Å². The molecule has 0 aliphatic carbocycles. The molecule has 1 N–H and O–H groups in total. The van der Waals surface area contributed by atoms with E-state index in [0.29, 0.717) is 17.2 Å². The van der Waals surface area contributed by atoms with Crippen LogP contribution in [0.1, 0.15) is 36.5 Å². The molecular weight excluding hydrogens is 367 g/mol. The Hall–Kier alpha value is -2.66. The maximum Gasteiger partial charge on any atom is 0.336 e. The quantitative estimate of drug-likeness (QED) is 0.689. The topological polar surface area (TPSA) is 37.9 Å². The molecule has 0 radical (unpaired) electrons. The second-order valence-corrected chi connectivity index (χ2v) is 8.32. The number of rotatable bonds is 4. The van der Waals surface area contributed by atoms with Crippen molar-refractivity contribution in [3.63, 3.8) is 0 Å². The predicted molar refractivity (Wildman–Crippen MR) is 114 cm³/mol. The van der Waals surface area contributed by atoms with Gasteiger partial charge in [-0.2, -0.15) is 0 Å². The zero-order valence-corrected chi connectivity index (χ0v) is 17.3. The van der Waals surface area contributed by atoms with E-state index < -0.39 is 0 Å². The lowest BCUT2D eigenvalue weighted by molar-refractivity contribution is -0.914. The summed E-state index contributed by atoms with van der Waals surface area (Å²) in [5.41, 5.74) is 4.51. The second kappa shape index (κ2) is 7.99. The van der Waals surface area contributed by atoms with Crippen LogP contribution in [-0.4, -0.2) is 26.2 Å². The minimum absolute atomic E-state index is 0.167. The fraction of sp³-hybridized carbons (Fsp3) is 0.375. The van der Waals surface area contributed by atoms with Crippen molar-refractivity contribution in [3.8, 4) is 0 Å². The average molecular weight is 395 g/mol. The van der Waals surface area contributed by atoms with Crippen molar-refractivity contribution in [1.29, 1.82) is 0 Å². The molecule has 1 aliphatic rings. The van der Waals surface area contributed by atoms with Crippen LogP contribution in [0.15, 0.2) is 51.7 Å². The molecular formula is C24H28FN2O2+. The molecule has 0 spiro atoms. The summed E-state index contributed by atoms with van der Waals surface area (Å²) in [7, 11) is 0. The van der Waals surface area contributed by atoms with Gasteiger partial charge in [-0.25, -0.2) is 9.18 Å². The highest BCUT2D eigenvalue weighted by Gasteiger charge is 2.23. The number of piperazine rings is 1. The highest BCUT2D eigenvalue weighted by Crippen LogP contribution is 2.26. The molecule has 5 heteroatoms. The van der Waals surface area contributed by atoms with Crippen molar-refractivity contribution in [1.82, 2.24) is 0 Å². The van der Waals surface area contributed by atoms with Crippen LogP contribution in [0, 0.1) is 12.7 Å². The van der Waals surface area contributed by atoms with E-state index in [1.54, 1.807) is 12.1 Å². The fourth-order valence-corrected chi connectivity index (χ4v) is 4.38. The first kappa shape index (κ1) is 19.6. The lowest BCUT2D eigenvalue weighted by Gasteiger charge is -2.34. The maximum atomic E-state index is 14.1. The highest BCUT2D eigenvalue weighted by atomic mass is 19.1. The SMILES string of the molecule is Cc1cc2oc(=O)cc(C[NH+]3CCN(c4ccccc4F)CC3)c2cc1C(C)C. The van der Waals surface area contributed by atoms with Crippen molar-refractivity contribution in [3.05, 3.63) is 75.4 Å². The minimum atomic E-state index is -0.298. The fourth-order valence-electron chi connectivity index (χ4n) is 4.38. The van der Waals surface area contributed by atoms with Gasteiger partial charge in [0.25, 0.3) is 0 Å². The first-order valence-corrected chi connectivity index (χ1v) is 10.3. The van der Waals surface area contributed by atoms with E-state index in [2.05, 4.69) is 31.7 Å². The number of quaternary nitrogens is 1. The largest absolute Gasteiger partial charge is 0.423 e. The summed E-state index contributed by atoms with van der Waals surface area (Å²) in [4.78, 5) is 15.6. The molecule has 0 saturated carbocycles. The van der Waals surface area contributed by atoms with Crippen LogP contribution in [0.25, 0.3) is 11.0 Å². The molecule has 152 valence electrons. The zero-order valence-electron chi connectivity index (χ0n) is 17.3. The summed E-state index contributed by atoms with van der Waals surface area (Å²) in [6.45, 7) is 10.6. The van der Waals surface area contributed by atoms with Crippen molar-refractivity contribution >= 4 is 16.7 Å². The Morgan fingerprint density at radius 3 is 2.55 bits per heavy atom. The van der Waals surface area contributed by atoms with Crippen LogP contribution in [0.5, 0.6) is 0 Å². The first-order chi connectivity index (χ1) is 13.9. The zero-order chi connectivity index (χ0) is 20.5. The van der Waals surface area contributed by atoms with Crippen molar-refractivity contribution < 1.29 is 13.7 Å². The van der Waals surface area contributed by atoms with E-state index in [0.717, 1.165) is 49.2 Å². The van der Waals surface area contributed by atoms with Crippen molar-refractivity contribution in [2.45, 2.75) is 33.2 Å². The third-order valence-corrected chi connectivity index (χ3v) is 5.94. The number of benzene rings is 2. The van der Waals surface area contributed by atoms with Crippen LogP contribution in [-0.2, 0) is 6.54 Å². The van der Waals surface area contributed by atoms with Gasteiger partial charge >= 0.3 is 5.63 Å². The smallest absolute Gasteiger partial charge is 0.336 e. The van der Waals surface area contributed by atoms with Crippen LogP contribution in [0.4, 0.5) is 10.1 Å². The third-order valence-electron chi connectivity index (χ3n) is 5.94. The summed E-state index contributed by atoms with van der Waals surface area (Å²) in [5.74, 6) is 0.245. The van der Waals surface area contributed by atoms with E-state index in [9.17, 15) is 9.18 Å². The van der Waals surface area contributed by atoms with E-state index in [-0.39, 0.29) is 11.4 Å². The molecule has 1 fully saturated rings. The van der Waals surface area contributed by atoms with Gasteiger partial charge in [0.15, 0.2) is 0 Å². The van der Waals surface area contributed by atoms with E-state index in [1.807, 2.05) is 18.2 Å². The number of para-hydroxylation sites is 1. The van der Waals surface area contributed by atoms with Crippen LogP contribution < -0.4 is 15.4 Å². The molecule has 4 nitrogen and oxygen atoms in total. The van der Waals surface area contributed by atoms with E-state index in [4.69, 9.17) is 4.42 Å². The Balaban J connectivity index is 1.56. The number of hydrogen-bond acceptors (Lipinski definition) is 3. The summed E-state index contributed by atoms with van der Waals surface area (Å²) in [6, 6.07) is 12.8. The Labute approximate surface area is 170 Å². The lowest BCUT2D eigenvalue weighted by atomic mass is 9.95. The molecule has 0 atom stereocenters. The Bertz CT molecular complexity index is 1080. The predicted octanol–water partition coefficient (Wildman–Crippen LogP) is 3.27. The average Bonchev–Trinajstić information content (AvgIpc) is 2.68. The van der Waals surface area contributed by atoms with Crippen molar-refractivity contribution in [2.75, 3.05) is 31.1 Å². The number of nitrogens with zero attached hydrogens (tertiary/aromatic N) is 1. The van der Waals surface area contributed by atoms with E-state index >= 15 is 0 Å². The van der Waals surface area contributed by atoms with Crippen LogP contribution in [0.2, 0.25) is 0 Å². The van der Waals surface area contributed by atoms with E-state index in [1.165, 1.54) is 16.5 Å². The van der Waals surface area contributed by atoms with Gasteiger partial charge in [0.2, 0.25) is 0 Å². The maximum absolute atomic E-state index is 14.1. The molecule has 2 aromatic carbocycles. The number of fused-ring (bicyclic) bond motifs is 1. The van der Waals surface area contributed by atoms with Gasteiger partial charge in [0.05, 0.1) is 31.9 Å². The standard InChI is InChI=1S/C24H27FN2O2/c1-16(2)19-14-20-18(13-24(28)29-23(20)12-17(19)3)15-26-8-10-27(11-9-26)22-7-5-4-6-21(22)25/h4-7,12-14,16H,8-11,15H2,1-3H3/p+1. The summed E-state index contributed by atoms with van der Waals surface area (Å²) < 4.78 is 19.6. The molecule has 1 aliphatic heterocycles. The number of hydrogen-bond donors (Lipinski definition) is 1. The monoisotopic (exact) mass is 395 g/mol. The molecule has 0 unspecified atom stereocenters. The number of nitrogens with one attached hydrogen (secondary N) is 1. The van der Waals surface area contributed by atoms with Crippen LogP contribution >= 0.6 is 0 Å². The molecule has 2 heterocycles. The van der Waals surface area contributed by atoms with Gasteiger partial charge in [-0.05, 0) is 48.2 Å². The van der Waals surface area contributed by atoms with Gasteiger partial charge in [-0.15, -0.1) is 0 Å². The Morgan fingerprint density at radius 1 is 1.14 bits per heavy atom. The number of halogens is 1. The molecule has 0 amide bonds. The molecule has 1 saturated heterocycles. The van der Waals surface area contributed by atoms with Crippen molar-refractivity contribution in [2.24, 2.45) is 0 Å². The molecule has 4 rings (SSSR count). The minimum Gasteiger partial charge on any atom is -0.423 e. The summed E-state index contributed by atoms with van der Waals surface area (Å²) >= 11 is 0. The molecule has 1 aromatic heterocycles. The van der Waals surface area contributed by atoms with Gasteiger partial charge in [0.1, 0.15) is 17.9 Å². The van der Waals surface area contributed by atoms with Crippen LogP contribution in [0.3, 0.4) is 0 Å². The number of anilines is 1. The lowest BCUT2D eigenvalue weighted by Crippen LogP contribution is -3.13.